The van der Waals surface area contributed by atoms with E-state index in [1.807, 2.05) is 67.6 Å². The van der Waals surface area contributed by atoms with Crippen LogP contribution in [0.2, 0.25) is 5.02 Å². The number of hydrogen-bond donors (Lipinski definition) is 0. The van der Waals surface area contributed by atoms with Crippen molar-refractivity contribution in [2.75, 3.05) is 0 Å². The summed E-state index contributed by atoms with van der Waals surface area (Å²) in [5.74, 6) is -1.70. The van der Waals surface area contributed by atoms with Crippen molar-refractivity contribution in [2.45, 2.75) is 12.8 Å². The molecule has 0 radical (unpaired) electrons. The van der Waals surface area contributed by atoms with Gasteiger partial charge >= 0.3 is 0 Å². The van der Waals surface area contributed by atoms with E-state index in [2.05, 4.69) is 0 Å². The number of carbonyl (C=O) groups excluding carboxylic acids is 2. The summed E-state index contributed by atoms with van der Waals surface area (Å²) < 4.78 is 0. The highest BCUT2D eigenvalue weighted by molar-refractivity contribution is 6.49. The Labute approximate surface area is 152 Å². The fourth-order valence-electron chi connectivity index (χ4n) is 2.85. The number of halogens is 1. The highest BCUT2D eigenvalue weighted by Crippen LogP contribution is 2.28. The second-order valence-corrected chi connectivity index (χ2v) is 6.34. The molecule has 0 aliphatic heterocycles. The first-order valence-corrected chi connectivity index (χ1v) is 8.40. The largest absolute Gasteiger partial charge is 0.289 e. The van der Waals surface area contributed by atoms with Gasteiger partial charge in [0, 0.05) is 5.56 Å². The maximum Gasteiger partial charge on any atom is 0.231 e. The van der Waals surface area contributed by atoms with Gasteiger partial charge in [-0.05, 0) is 35.7 Å². The molecule has 0 amide bonds. The van der Waals surface area contributed by atoms with E-state index in [0.29, 0.717) is 5.02 Å². The van der Waals surface area contributed by atoms with Gasteiger partial charge in [0.15, 0.2) is 0 Å². The van der Waals surface area contributed by atoms with Gasteiger partial charge in [-0.1, -0.05) is 78.3 Å². The molecule has 3 rings (SSSR count). The Morgan fingerprint density at radius 1 is 0.800 bits per heavy atom. The number of rotatable bonds is 5. The quantitative estimate of drug-likeness (QED) is 0.467. The van der Waals surface area contributed by atoms with Crippen LogP contribution in [0.15, 0.2) is 78.9 Å². The molecule has 3 heteroatoms. The third-order valence-corrected chi connectivity index (χ3v) is 4.43. The zero-order valence-electron chi connectivity index (χ0n) is 13.8. The van der Waals surface area contributed by atoms with Crippen molar-refractivity contribution in [1.82, 2.24) is 0 Å². The number of Topliss-reactive ketones (excluding diaryl/α,β-unsaturated/α-hetero) is 2. The van der Waals surface area contributed by atoms with Crippen LogP contribution in [0.5, 0.6) is 0 Å². The maximum absolute atomic E-state index is 13.1. The summed E-state index contributed by atoms with van der Waals surface area (Å²) >= 11 is 6.19. The zero-order chi connectivity index (χ0) is 17.8. The molecule has 0 aliphatic carbocycles. The van der Waals surface area contributed by atoms with Gasteiger partial charge in [-0.3, -0.25) is 9.59 Å². The Bertz CT molecular complexity index is 862. The van der Waals surface area contributed by atoms with E-state index >= 15 is 0 Å². The second kappa shape index (κ2) is 7.45. The highest BCUT2D eigenvalue weighted by atomic mass is 35.5. The minimum absolute atomic E-state index is 0.245. The third-order valence-electron chi connectivity index (χ3n) is 4.12. The first-order valence-electron chi connectivity index (χ1n) is 8.02. The molecular formula is C22H17ClO2. The van der Waals surface area contributed by atoms with E-state index in [1.165, 1.54) is 0 Å². The molecular weight excluding hydrogens is 332 g/mol. The lowest BCUT2D eigenvalue weighted by Crippen LogP contribution is -2.23. The van der Waals surface area contributed by atoms with Gasteiger partial charge in [-0.25, -0.2) is 0 Å². The molecule has 0 N–H and O–H groups in total. The molecule has 0 atom stereocenters. The Balaban J connectivity index is 2.04. The molecule has 0 spiro atoms. The van der Waals surface area contributed by atoms with Crippen LogP contribution in [-0.2, 0) is 4.79 Å². The summed E-state index contributed by atoms with van der Waals surface area (Å²) in [6.45, 7) is 1.89. The Morgan fingerprint density at radius 2 is 1.32 bits per heavy atom. The molecule has 0 fully saturated rings. The first kappa shape index (κ1) is 17.1. The molecule has 124 valence electrons. The predicted octanol–water partition coefficient (Wildman–Crippen LogP) is 5.23. The van der Waals surface area contributed by atoms with Gasteiger partial charge < -0.3 is 0 Å². The summed E-state index contributed by atoms with van der Waals surface area (Å²) in [6, 6.07) is 23.8. The molecule has 0 saturated heterocycles. The standard InChI is InChI=1S/C22H17ClO2/c1-15-12-13-18(19(23)14-15)21(24)22(25)20(16-8-4-2-5-9-16)17-10-6-3-7-11-17/h2-14,20H,1H3. The number of aryl methyl sites for hydroxylation is 1. The molecule has 0 heterocycles. The summed E-state index contributed by atoms with van der Waals surface area (Å²) in [6.07, 6.45) is 0. The lowest BCUT2D eigenvalue weighted by Gasteiger charge is -2.16. The molecule has 2 nitrogen and oxygen atoms in total. The number of benzene rings is 3. The van der Waals surface area contributed by atoms with Gasteiger partial charge in [-0.15, -0.1) is 0 Å². The minimum atomic E-state index is -0.646. The summed E-state index contributed by atoms with van der Waals surface area (Å²) in [4.78, 5) is 25.9. The van der Waals surface area contributed by atoms with Crippen molar-refractivity contribution in [1.29, 1.82) is 0 Å². The number of carbonyl (C=O) groups is 2. The Hall–Kier alpha value is -2.71. The smallest absolute Gasteiger partial charge is 0.231 e. The van der Waals surface area contributed by atoms with E-state index < -0.39 is 17.5 Å². The summed E-state index contributed by atoms with van der Waals surface area (Å²) in [7, 11) is 0. The molecule has 0 aliphatic rings. The van der Waals surface area contributed by atoms with Crippen LogP contribution >= 0.6 is 11.6 Å². The Kier molecular flexibility index (Phi) is 5.11. The van der Waals surface area contributed by atoms with Crippen LogP contribution in [0.25, 0.3) is 0 Å². The van der Waals surface area contributed by atoms with Crippen LogP contribution in [0.3, 0.4) is 0 Å². The first-order chi connectivity index (χ1) is 12.1. The number of ketones is 2. The van der Waals surface area contributed by atoms with Gasteiger partial charge in [-0.2, -0.15) is 0 Å². The maximum atomic E-state index is 13.1. The molecule has 0 saturated carbocycles. The van der Waals surface area contributed by atoms with Crippen molar-refractivity contribution in [3.63, 3.8) is 0 Å². The van der Waals surface area contributed by atoms with Crippen molar-refractivity contribution in [3.05, 3.63) is 106 Å². The minimum Gasteiger partial charge on any atom is -0.289 e. The van der Waals surface area contributed by atoms with Crippen molar-refractivity contribution >= 4 is 23.2 Å². The van der Waals surface area contributed by atoms with Crippen LogP contribution in [-0.4, -0.2) is 11.6 Å². The van der Waals surface area contributed by atoms with Gasteiger partial charge in [0.05, 0.1) is 10.9 Å². The monoisotopic (exact) mass is 348 g/mol. The molecule has 3 aromatic rings. The lowest BCUT2D eigenvalue weighted by atomic mass is 9.84. The fourth-order valence-corrected chi connectivity index (χ4v) is 3.18. The Morgan fingerprint density at radius 3 is 1.80 bits per heavy atom. The van der Waals surface area contributed by atoms with E-state index in [0.717, 1.165) is 16.7 Å². The van der Waals surface area contributed by atoms with Crippen molar-refractivity contribution in [2.24, 2.45) is 0 Å². The predicted molar refractivity (Wildman–Crippen MR) is 100 cm³/mol. The molecule has 3 aromatic carbocycles. The topological polar surface area (TPSA) is 34.1 Å². The van der Waals surface area contributed by atoms with Crippen LogP contribution < -0.4 is 0 Å². The summed E-state index contributed by atoms with van der Waals surface area (Å²) in [5.41, 5.74) is 2.76. The highest BCUT2D eigenvalue weighted by Gasteiger charge is 2.30. The molecule has 25 heavy (non-hydrogen) atoms. The third kappa shape index (κ3) is 3.70. The van der Waals surface area contributed by atoms with Gasteiger partial charge in [0.1, 0.15) is 0 Å². The van der Waals surface area contributed by atoms with Crippen molar-refractivity contribution in [3.8, 4) is 0 Å². The molecule has 0 aromatic heterocycles. The molecule has 0 unspecified atom stereocenters. The molecule has 0 bridgehead atoms. The van der Waals surface area contributed by atoms with Crippen LogP contribution in [0.1, 0.15) is 33.0 Å². The second-order valence-electron chi connectivity index (χ2n) is 5.93. The van der Waals surface area contributed by atoms with Gasteiger partial charge in [0.2, 0.25) is 11.6 Å². The van der Waals surface area contributed by atoms with E-state index in [-0.39, 0.29) is 5.56 Å². The lowest BCUT2D eigenvalue weighted by molar-refractivity contribution is -0.115. The van der Waals surface area contributed by atoms with Crippen LogP contribution in [0.4, 0.5) is 0 Å². The number of hydrogen-bond acceptors (Lipinski definition) is 2. The average molecular weight is 349 g/mol. The zero-order valence-corrected chi connectivity index (χ0v) is 14.5. The van der Waals surface area contributed by atoms with Crippen molar-refractivity contribution < 1.29 is 9.59 Å². The van der Waals surface area contributed by atoms with E-state index in [1.54, 1.807) is 18.2 Å². The van der Waals surface area contributed by atoms with Crippen LogP contribution in [0, 0.1) is 6.92 Å². The normalized spacial score (nSPS) is 10.7. The summed E-state index contributed by atoms with van der Waals surface area (Å²) in [5, 5.41) is 0.304. The van der Waals surface area contributed by atoms with E-state index in [9.17, 15) is 9.59 Å². The SMILES string of the molecule is Cc1ccc(C(=O)C(=O)C(c2ccccc2)c2ccccc2)c(Cl)c1. The van der Waals surface area contributed by atoms with Gasteiger partial charge in [0.25, 0.3) is 0 Å². The average Bonchev–Trinajstić information content (AvgIpc) is 2.63. The fraction of sp³-hybridized carbons (Fsp3) is 0.0909. The van der Waals surface area contributed by atoms with E-state index in [4.69, 9.17) is 11.6 Å².